The van der Waals surface area contributed by atoms with Gasteiger partial charge in [-0.1, -0.05) is 59.7 Å². The van der Waals surface area contributed by atoms with E-state index in [1.807, 2.05) is 19.1 Å². The zero-order chi connectivity index (χ0) is 27.9. The van der Waals surface area contributed by atoms with Crippen molar-refractivity contribution in [3.8, 4) is 5.75 Å². The lowest BCUT2D eigenvalue weighted by molar-refractivity contribution is 0.425. The minimum atomic E-state index is -3.93. The maximum Gasteiger partial charge on any atom is 0.339 e. The minimum Gasteiger partial charge on any atom is -0.378 e. The number of allylic oxidation sites excluding steroid dienone is 2. The van der Waals surface area contributed by atoms with E-state index in [0.29, 0.717) is 16.3 Å². The van der Waals surface area contributed by atoms with E-state index in [4.69, 9.17) is 4.18 Å². The number of hydrogen-bond donors (Lipinski definition) is 1. The fourth-order valence-electron chi connectivity index (χ4n) is 5.50. The number of nitrogens with zero attached hydrogens (tertiary/aromatic N) is 1. The summed E-state index contributed by atoms with van der Waals surface area (Å²) in [6.45, 7) is 4.05. The SMILES string of the molecule is Cc1ccc(S(=O)(=O)Oc2ccc(C=Nc3ccc([C@@H]4Nc5ccc(C)cc5[C@@H]5C=CC[C@@H]54)cc3)cc2Br)cc1. The molecule has 1 aliphatic carbocycles. The largest absolute Gasteiger partial charge is 0.378 e. The van der Waals surface area contributed by atoms with Crippen molar-refractivity contribution in [2.45, 2.75) is 37.1 Å². The van der Waals surface area contributed by atoms with E-state index in [1.54, 1.807) is 36.5 Å². The maximum atomic E-state index is 12.7. The van der Waals surface area contributed by atoms with Crippen molar-refractivity contribution >= 4 is 43.6 Å². The summed E-state index contributed by atoms with van der Waals surface area (Å²) in [6, 6.07) is 27.1. The average molecular weight is 614 g/mol. The molecule has 7 heteroatoms. The molecule has 0 bridgehead atoms. The van der Waals surface area contributed by atoms with Crippen molar-refractivity contribution in [3.63, 3.8) is 0 Å². The highest BCUT2D eigenvalue weighted by atomic mass is 79.9. The average Bonchev–Trinajstić information content (AvgIpc) is 3.44. The molecule has 40 heavy (non-hydrogen) atoms. The molecule has 5 nitrogen and oxygen atoms in total. The molecule has 1 aliphatic heterocycles. The van der Waals surface area contributed by atoms with Crippen molar-refractivity contribution < 1.29 is 12.6 Å². The van der Waals surface area contributed by atoms with E-state index in [2.05, 4.69) is 75.6 Å². The molecule has 4 aromatic rings. The number of halogens is 1. The zero-order valence-electron chi connectivity index (χ0n) is 22.2. The van der Waals surface area contributed by atoms with Crippen LogP contribution in [0.5, 0.6) is 5.75 Å². The van der Waals surface area contributed by atoms with Crippen LogP contribution in [0.4, 0.5) is 11.4 Å². The van der Waals surface area contributed by atoms with Crippen LogP contribution in [0.2, 0.25) is 0 Å². The van der Waals surface area contributed by atoms with Crippen LogP contribution in [-0.4, -0.2) is 14.6 Å². The Kier molecular flexibility index (Phi) is 7.11. The summed E-state index contributed by atoms with van der Waals surface area (Å²) in [5.41, 5.74) is 7.79. The summed E-state index contributed by atoms with van der Waals surface area (Å²) in [5.74, 6) is 1.16. The molecule has 3 atom stereocenters. The van der Waals surface area contributed by atoms with Crippen molar-refractivity contribution in [2.75, 3.05) is 5.32 Å². The maximum absolute atomic E-state index is 12.7. The van der Waals surface area contributed by atoms with E-state index in [9.17, 15) is 8.42 Å². The first kappa shape index (κ1) is 26.5. The fourth-order valence-corrected chi connectivity index (χ4v) is 7.03. The quantitative estimate of drug-likeness (QED) is 0.135. The Bertz CT molecular complexity index is 1730. The van der Waals surface area contributed by atoms with Crippen LogP contribution in [0.15, 0.2) is 111 Å². The molecule has 0 saturated carbocycles. The number of nitrogens with one attached hydrogen (secondary N) is 1. The van der Waals surface area contributed by atoms with Crippen molar-refractivity contribution in [2.24, 2.45) is 10.9 Å². The smallest absolute Gasteiger partial charge is 0.339 e. The van der Waals surface area contributed by atoms with Crippen LogP contribution in [0, 0.1) is 19.8 Å². The Morgan fingerprint density at radius 2 is 1.68 bits per heavy atom. The van der Waals surface area contributed by atoms with Gasteiger partial charge in [0.05, 0.1) is 16.2 Å². The van der Waals surface area contributed by atoms with Crippen LogP contribution in [0.1, 0.15) is 46.2 Å². The molecule has 0 saturated heterocycles. The molecule has 0 spiro atoms. The Morgan fingerprint density at radius 1 is 0.925 bits per heavy atom. The lowest BCUT2D eigenvalue weighted by Gasteiger charge is -2.37. The van der Waals surface area contributed by atoms with Crippen LogP contribution in [0.3, 0.4) is 0 Å². The predicted molar refractivity (Wildman–Crippen MR) is 164 cm³/mol. The van der Waals surface area contributed by atoms with Crippen molar-refractivity contribution in [3.05, 3.63) is 129 Å². The van der Waals surface area contributed by atoms with E-state index < -0.39 is 10.1 Å². The van der Waals surface area contributed by atoms with Gasteiger partial charge in [-0.05, 0) is 107 Å². The molecule has 6 rings (SSSR count). The van der Waals surface area contributed by atoms with Gasteiger partial charge in [0.25, 0.3) is 0 Å². The van der Waals surface area contributed by atoms with Gasteiger partial charge >= 0.3 is 10.1 Å². The standard InChI is InChI=1S/C33H29BrN2O3S/c1-21-6-14-26(15-7-21)40(37,38)39-32-17-9-23(19-30(32)34)20-35-25-12-10-24(11-13-25)33-28-5-3-4-27(28)29-18-22(2)8-16-31(29)36-33/h3-4,6-20,27-28,33,36H,5H2,1-2H3/t27-,28+,33+/m1/s1. The number of fused-ring (bicyclic) bond motifs is 3. The van der Waals surface area contributed by atoms with E-state index in [0.717, 1.165) is 23.2 Å². The minimum absolute atomic E-state index is 0.113. The fraction of sp³-hybridized carbons (Fsp3) is 0.182. The first-order valence-electron chi connectivity index (χ1n) is 13.3. The van der Waals surface area contributed by atoms with E-state index >= 15 is 0 Å². The first-order chi connectivity index (χ1) is 19.3. The molecular formula is C33H29BrN2O3S. The van der Waals surface area contributed by atoms with Crippen LogP contribution in [-0.2, 0) is 10.1 Å². The van der Waals surface area contributed by atoms with E-state index in [-0.39, 0.29) is 16.7 Å². The van der Waals surface area contributed by atoms with Gasteiger partial charge in [0.1, 0.15) is 4.90 Å². The van der Waals surface area contributed by atoms with Gasteiger partial charge in [-0.25, -0.2) is 0 Å². The van der Waals surface area contributed by atoms with Gasteiger partial charge in [0.2, 0.25) is 0 Å². The van der Waals surface area contributed by atoms with Crippen LogP contribution in [0.25, 0.3) is 0 Å². The van der Waals surface area contributed by atoms with Gasteiger partial charge in [-0.3, -0.25) is 4.99 Å². The van der Waals surface area contributed by atoms with Crippen molar-refractivity contribution in [1.82, 2.24) is 0 Å². The lowest BCUT2D eigenvalue weighted by atomic mass is 9.76. The summed E-state index contributed by atoms with van der Waals surface area (Å²) >= 11 is 3.44. The van der Waals surface area contributed by atoms with Gasteiger partial charge < -0.3 is 9.50 Å². The number of anilines is 1. The second kappa shape index (κ2) is 10.7. The van der Waals surface area contributed by atoms with Crippen LogP contribution >= 0.6 is 15.9 Å². The highest BCUT2D eigenvalue weighted by Crippen LogP contribution is 2.50. The van der Waals surface area contributed by atoms with Gasteiger partial charge in [0.15, 0.2) is 5.75 Å². The predicted octanol–water partition coefficient (Wildman–Crippen LogP) is 8.41. The highest BCUT2D eigenvalue weighted by molar-refractivity contribution is 9.10. The topological polar surface area (TPSA) is 67.8 Å². The second-order valence-corrected chi connectivity index (χ2v) is 12.9. The molecule has 1 N–H and O–H groups in total. The molecule has 4 aromatic carbocycles. The Morgan fingerprint density at radius 3 is 2.42 bits per heavy atom. The molecule has 0 aromatic heterocycles. The monoisotopic (exact) mass is 612 g/mol. The van der Waals surface area contributed by atoms with Gasteiger partial charge in [-0.15, -0.1) is 0 Å². The molecular weight excluding hydrogens is 584 g/mol. The first-order valence-corrected chi connectivity index (χ1v) is 15.5. The lowest BCUT2D eigenvalue weighted by Crippen LogP contribution is -2.29. The molecule has 0 fully saturated rings. The highest BCUT2D eigenvalue weighted by Gasteiger charge is 2.37. The normalized spacial score (nSPS) is 19.7. The number of rotatable bonds is 6. The summed E-state index contributed by atoms with van der Waals surface area (Å²) in [5, 5.41) is 3.79. The zero-order valence-corrected chi connectivity index (χ0v) is 24.6. The molecule has 2 aliphatic rings. The molecule has 202 valence electrons. The Hall–Kier alpha value is -3.68. The summed E-state index contributed by atoms with van der Waals surface area (Å²) in [4.78, 5) is 4.75. The van der Waals surface area contributed by atoms with Gasteiger partial charge in [-0.2, -0.15) is 8.42 Å². The number of aryl methyl sites for hydroxylation is 2. The Labute approximate surface area is 243 Å². The molecule has 0 radical (unpaired) electrons. The number of benzene rings is 4. The third-order valence-electron chi connectivity index (χ3n) is 7.60. The summed E-state index contributed by atoms with van der Waals surface area (Å²) in [7, 11) is -3.93. The molecule has 0 amide bonds. The van der Waals surface area contributed by atoms with Gasteiger partial charge in [0, 0.05) is 17.8 Å². The second-order valence-electron chi connectivity index (χ2n) is 10.5. The van der Waals surface area contributed by atoms with Crippen LogP contribution < -0.4 is 9.50 Å². The Balaban J connectivity index is 1.15. The van der Waals surface area contributed by atoms with E-state index in [1.165, 1.54) is 34.5 Å². The third kappa shape index (κ3) is 5.36. The number of aliphatic imine (C=N–C) groups is 1. The summed E-state index contributed by atoms with van der Waals surface area (Å²) < 4.78 is 31.2. The summed E-state index contributed by atoms with van der Waals surface area (Å²) in [6.07, 6.45) is 7.50. The third-order valence-corrected chi connectivity index (χ3v) is 9.47. The number of hydrogen-bond acceptors (Lipinski definition) is 5. The molecule has 1 heterocycles. The molecule has 0 unspecified atom stereocenters. The van der Waals surface area contributed by atoms with Crippen molar-refractivity contribution in [1.29, 1.82) is 0 Å².